The van der Waals surface area contributed by atoms with Gasteiger partial charge in [0.1, 0.15) is 0 Å². The van der Waals surface area contributed by atoms with Gasteiger partial charge in [0, 0.05) is 6.61 Å². The predicted molar refractivity (Wildman–Crippen MR) is 41.4 cm³/mol. The number of rotatable bonds is 5. The Kier molecular flexibility index (Phi) is 4.51. The van der Waals surface area contributed by atoms with Crippen molar-refractivity contribution < 1.29 is 28.5 Å². The molecule has 0 saturated carbocycles. The molecule has 1 N–H and O–H groups in total. The van der Waals surface area contributed by atoms with Gasteiger partial charge >= 0.3 is 20.6 Å². The Morgan fingerprint density at radius 1 is 1.54 bits per heavy atom. The lowest BCUT2D eigenvalue weighted by molar-refractivity contribution is -0.178. The summed E-state index contributed by atoms with van der Waals surface area (Å²) < 4.78 is 18.6. The first-order valence-corrected chi connectivity index (χ1v) is 4.13. The first kappa shape index (κ1) is 12.0. The van der Waals surface area contributed by atoms with Crippen LogP contribution in [0.1, 0.15) is 13.8 Å². The number of carbonyl (C=O) groups is 2. The van der Waals surface area contributed by atoms with Crippen LogP contribution in [0.2, 0.25) is 0 Å². The molecule has 0 aromatic rings. The normalized spacial score (nSPS) is 14.9. The third-order valence-corrected chi connectivity index (χ3v) is 1.59. The molecule has 0 rings (SSSR count). The zero-order valence-corrected chi connectivity index (χ0v) is 8.04. The second-order valence-electron chi connectivity index (χ2n) is 2.22. The van der Waals surface area contributed by atoms with Crippen LogP contribution in [0.25, 0.3) is 0 Å². The molecule has 0 heterocycles. The van der Waals surface area contributed by atoms with Crippen LogP contribution in [0, 0.1) is 0 Å². The summed E-state index contributed by atoms with van der Waals surface area (Å²) in [5.41, 5.74) is -2.09. The van der Waals surface area contributed by atoms with Crippen LogP contribution >= 0.6 is 8.69 Å². The summed E-state index contributed by atoms with van der Waals surface area (Å²) in [6.45, 7) is 2.60. The minimum Gasteiger partial charge on any atom is -0.479 e. The largest absolute Gasteiger partial charge is 0.479 e. The lowest BCUT2D eigenvalue weighted by atomic mass is 10.1. The van der Waals surface area contributed by atoms with E-state index in [0.717, 1.165) is 6.92 Å². The molecule has 0 bridgehead atoms. The molecule has 0 aliphatic rings. The molecule has 0 aliphatic carbocycles. The molecule has 0 aliphatic heterocycles. The van der Waals surface area contributed by atoms with Crippen molar-refractivity contribution in [1.82, 2.24) is 0 Å². The molecular weight excluding hydrogens is 199 g/mol. The fraction of sp³-hybridized carbons (Fsp3) is 0.667. The quantitative estimate of drug-likeness (QED) is 0.526. The predicted octanol–water partition coefficient (Wildman–Crippen LogP) is 0.616. The zero-order chi connectivity index (χ0) is 10.5. The summed E-state index contributed by atoms with van der Waals surface area (Å²) in [6.07, 6.45) is 0. The molecule has 1 atom stereocenters. The van der Waals surface area contributed by atoms with E-state index >= 15 is 0 Å². The SMILES string of the molecule is CCOC(C)(C(=O)O)C(=O)OP=O. The summed E-state index contributed by atoms with van der Waals surface area (Å²) in [5, 5.41) is 8.63. The van der Waals surface area contributed by atoms with Gasteiger partial charge in [-0.3, -0.25) is 0 Å². The molecular formula is C6H9O6P. The average Bonchev–Trinajstić information content (AvgIpc) is 2.04. The highest BCUT2D eigenvalue weighted by atomic mass is 31.1. The van der Waals surface area contributed by atoms with Crippen LogP contribution in [-0.2, 0) is 23.4 Å². The molecule has 0 radical (unpaired) electrons. The van der Waals surface area contributed by atoms with Crippen molar-refractivity contribution in [2.24, 2.45) is 0 Å². The number of hydrogen-bond donors (Lipinski definition) is 1. The number of hydrogen-bond acceptors (Lipinski definition) is 5. The van der Waals surface area contributed by atoms with Gasteiger partial charge in [-0.2, -0.15) is 0 Å². The van der Waals surface area contributed by atoms with Gasteiger partial charge < -0.3 is 14.4 Å². The Balaban J connectivity index is 4.66. The standard InChI is InChI=1S/C6H9O6P/c1-3-11-6(2,4(7)8)5(9)12-13-10/h3H2,1-2H3,(H,7,8). The number of aliphatic carboxylic acids is 1. The van der Waals surface area contributed by atoms with Gasteiger partial charge in [0.15, 0.2) is 0 Å². The highest BCUT2D eigenvalue weighted by molar-refractivity contribution is 7.18. The maximum absolute atomic E-state index is 11.0. The first-order chi connectivity index (χ1) is 5.99. The van der Waals surface area contributed by atoms with Crippen molar-refractivity contribution in [3.05, 3.63) is 0 Å². The molecule has 74 valence electrons. The van der Waals surface area contributed by atoms with E-state index in [-0.39, 0.29) is 6.61 Å². The van der Waals surface area contributed by atoms with Gasteiger partial charge in [0.05, 0.1) is 0 Å². The summed E-state index contributed by atoms with van der Waals surface area (Å²) in [5.74, 6) is -2.68. The molecule has 0 amide bonds. The third-order valence-electron chi connectivity index (χ3n) is 1.35. The maximum atomic E-state index is 11.0. The molecule has 0 saturated heterocycles. The third kappa shape index (κ3) is 2.75. The summed E-state index contributed by atoms with van der Waals surface area (Å²) in [7, 11) is -0.899. The van der Waals surface area contributed by atoms with Gasteiger partial charge in [-0.1, -0.05) is 0 Å². The highest BCUT2D eigenvalue weighted by Gasteiger charge is 2.44. The van der Waals surface area contributed by atoms with Crippen LogP contribution in [0.4, 0.5) is 0 Å². The van der Waals surface area contributed by atoms with E-state index in [1.807, 2.05) is 0 Å². The smallest absolute Gasteiger partial charge is 0.398 e. The van der Waals surface area contributed by atoms with Crippen LogP contribution in [0.15, 0.2) is 0 Å². The molecule has 13 heavy (non-hydrogen) atoms. The fourth-order valence-electron chi connectivity index (χ4n) is 0.618. The van der Waals surface area contributed by atoms with Gasteiger partial charge in [-0.15, -0.1) is 0 Å². The van der Waals surface area contributed by atoms with E-state index in [1.54, 1.807) is 0 Å². The molecule has 0 fully saturated rings. The van der Waals surface area contributed by atoms with Crippen LogP contribution in [-0.4, -0.2) is 29.3 Å². The van der Waals surface area contributed by atoms with Crippen molar-refractivity contribution in [1.29, 1.82) is 0 Å². The molecule has 1 unspecified atom stereocenters. The fourth-order valence-corrected chi connectivity index (χ4v) is 0.859. The minimum atomic E-state index is -2.09. The lowest BCUT2D eigenvalue weighted by Gasteiger charge is -2.20. The minimum absolute atomic E-state index is 0.0354. The highest BCUT2D eigenvalue weighted by Crippen LogP contribution is 2.15. The van der Waals surface area contributed by atoms with Crippen LogP contribution in [0.5, 0.6) is 0 Å². The van der Waals surface area contributed by atoms with Crippen molar-refractivity contribution in [3.8, 4) is 0 Å². The number of ether oxygens (including phenoxy) is 1. The average molecular weight is 208 g/mol. The molecule has 7 heteroatoms. The maximum Gasteiger partial charge on any atom is 0.398 e. The van der Waals surface area contributed by atoms with E-state index in [0.29, 0.717) is 0 Å². The topological polar surface area (TPSA) is 89.9 Å². The Hall–Kier alpha value is -1.00. The van der Waals surface area contributed by atoms with Crippen molar-refractivity contribution in [2.75, 3.05) is 6.61 Å². The Bertz CT molecular complexity index is 227. The van der Waals surface area contributed by atoms with E-state index in [1.165, 1.54) is 6.92 Å². The Labute approximate surface area is 76.1 Å². The summed E-state index contributed by atoms with van der Waals surface area (Å²) in [6, 6.07) is 0. The van der Waals surface area contributed by atoms with Crippen molar-refractivity contribution in [2.45, 2.75) is 19.4 Å². The van der Waals surface area contributed by atoms with E-state index in [2.05, 4.69) is 9.26 Å². The molecule has 0 aromatic heterocycles. The van der Waals surface area contributed by atoms with Crippen LogP contribution in [0.3, 0.4) is 0 Å². The van der Waals surface area contributed by atoms with Crippen molar-refractivity contribution >= 4 is 20.6 Å². The van der Waals surface area contributed by atoms with Crippen LogP contribution < -0.4 is 0 Å². The molecule has 0 spiro atoms. The van der Waals surface area contributed by atoms with Gasteiger partial charge in [-0.05, 0) is 13.8 Å². The Morgan fingerprint density at radius 2 is 2.08 bits per heavy atom. The second-order valence-corrected chi connectivity index (χ2v) is 2.56. The number of carbonyl (C=O) groups excluding carboxylic acids is 1. The zero-order valence-electron chi connectivity index (χ0n) is 7.14. The first-order valence-electron chi connectivity index (χ1n) is 3.40. The second kappa shape index (κ2) is 4.89. The van der Waals surface area contributed by atoms with E-state index in [4.69, 9.17) is 5.11 Å². The van der Waals surface area contributed by atoms with Gasteiger partial charge in [0.2, 0.25) is 0 Å². The number of carboxylic acids is 1. The monoisotopic (exact) mass is 208 g/mol. The Morgan fingerprint density at radius 3 is 2.38 bits per heavy atom. The van der Waals surface area contributed by atoms with Gasteiger partial charge in [-0.25, -0.2) is 14.2 Å². The lowest BCUT2D eigenvalue weighted by Crippen LogP contribution is -2.46. The summed E-state index contributed by atoms with van der Waals surface area (Å²) in [4.78, 5) is 21.6. The number of carboxylic acid groups (broad SMARTS) is 1. The van der Waals surface area contributed by atoms with E-state index in [9.17, 15) is 14.2 Å². The molecule has 6 nitrogen and oxygen atoms in total. The van der Waals surface area contributed by atoms with E-state index < -0.39 is 26.2 Å². The van der Waals surface area contributed by atoms with Crippen molar-refractivity contribution in [3.63, 3.8) is 0 Å². The molecule has 0 aromatic carbocycles. The van der Waals surface area contributed by atoms with Gasteiger partial charge in [0.25, 0.3) is 5.60 Å². The summed E-state index contributed by atoms with van der Waals surface area (Å²) >= 11 is 0.